The third-order valence-corrected chi connectivity index (χ3v) is 2.57. The number of para-hydroxylation sites is 1. The molecule has 0 bridgehead atoms. The number of rotatable bonds is 5. The molecule has 0 aliphatic carbocycles. The average molecular weight is 262 g/mol. The molecule has 0 saturated carbocycles. The van der Waals surface area contributed by atoms with Crippen molar-refractivity contribution in [2.75, 3.05) is 17.7 Å². The fourth-order valence-electron chi connectivity index (χ4n) is 1.72. The lowest BCUT2D eigenvalue weighted by Gasteiger charge is -2.08. The van der Waals surface area contributed by atoms with Crippen LogP contribution in [0.2, 0.25) is 0 Å². The summed E-state index contributed by atoms with van der Waals surface area (Å²) in [7, 11) is 3.41. The van der Waals surface area contributed by atoms with Gasteiger partial charge in [-0.1, -0.05) is 6.07 Å². The topological polar surface area (TPSA) is 97.9 Å². The minimum Gasteiger partial charge on any atom is -0.382 e. The van der Waals surface area contributed by atoms with Gasteiger partial charge in [0.2, 0.25) is 0 Å². The molecule has 8 heteroatoms. The van der Waals surface area contributed by atoms with Gasteiger partial charge in [0.05, 0.1) is 11.5 Å². The van der Waals surface area contributed by atoms with Gasteiger partial charge < -0.3 is 10.6 Å². The SMILES string of the molecule is CNc1cccc(NCc2ncn(C)n2)c1[N+](=O)[O-]. The summed E-state index contributed by atoms with van der Waals surface area (Å²) in [6.07, 6.45) is 1.58. The Bertz CT molecular complexity index is 595. The number of aryl methyl sites for hydroxylation is 1. The molecular weight excluding hydrogens is 248 g/mol. The van der Waals surface area contributed by atoms with Crippen LogP contribution in [0.1, 0.15) is 5.82 Å². The van der Waals surface area contributed by atoms with Crippen LogP contribution in [-0.2, 0) is 13.6 Å². The lowest BCUT2D eigenvalue weighted by atomic mass is 10.2. The van der Waals surface area contributed by atoms with E-state index in [4.69, 9.17) is 0 Å². The highest BCUT2D eigenvalue weighted by atomic mass is 16.6. The van der Waals surface area contributed by atoms with Crippen molar-refractivity contribution in [3.8, 4) is 0 Å². The minimum absolute atomic E-state index is 0.0148. The van der Waals surface area contributed by atoms with Crippen LogP contribution in [-0.4, -0.2) is 26.7 Å². The number of nitro benzene ring substituents is 1. The fourth-order valence-corrected chi connectivity index (χ4v) is 1.72. The first-order chi connectivity index (χ1) is 9.11. The molecule has 0 radical (unpaired) electrons. The normalized spacial score (nSPS) is 10.2. The van der Waals surface area contributed by atoms with Crippen molar-refractivity contribution in [1.29, 1.82) is 0 Å². The van der Waals surface area contributed by atoms with Crippen LogP contribution in [0.4, 0.5) is 17.1 Å². The Kier molecular flexibility index (Phi) is 3.60. The van der Waals surface area contributed by atoms with E-state index in [0.29, 0.717) is 23.7 Å². The standard InChI is InChI=1S/C11H14N6O2/c1-12-8-4-3-5-9(11(8)17(18)19)13-6-10-14-7-16(2)15-10/h3-5,7,12-13H,6H2,1-2H3. The quantitative estimate of drug-likeness (QED) is 0.624. The van der Waals surface area contributed by atoms with Gasteiger partial charge in [-0.05, 0) is 12.1 Å². The maximum absolute atomic E-state index is 11.1. The van der Waals surface area contributed by atoms with E-state index in [0.717, 1.165) is 0 Å². The fraction of sp³-hybridized carbons (Fsp3) is 0.273. The molecule has 19 heavy (non-hydrogen) atoms. The third-order valence-electron chi connectivity index (χ3n) is 2.57. The Morgan fingerprint density at radius 1 is 1.42 bits per heavy atom. The van der Waals surface area contributed by atoms with Crippen LogP contribution in [0.25, 0.3) is 0 Å². The van der Waals surface area contributed by atoms with E-state index in [1.54, 1.807) is 43.3 Å². The molecule has 0 saturated heterocycles. The largest absolute Gasteiger partial charge is 0.382 e. The molecule has 1 aromatic carbocycles. The third kappa shape index (κ3) is 2.79. The van der Waals surface area contributed by atoms with E-state index < -0.39 is 4.92 Å². The number of anilines is 2. The summed E-state index contributed by atoms with van der Waals surface area (Å²) in [4.78, 5) is 14.7. The molecule has 0 spiro atoms. The van der Waals surface area contributed by atoms with E-state index in [9.17, 15) is 10.1 Å². The van der Waals surface area contributed by atoms with Crippen molar-refractivity contribution in [2.45, 2.75) is 6.54 Å². The van der Waals surface area contributed by atoms with Crippen molar-refractivity contribution < 1.29 is 4.92 Å². The zero-order valence-electron chi connectivity index (χ0n) is 10.6. The number of hydrogen-bond donors (Lipinski definition) is 2. The average Bonchev–Trinajstić information content (AvgIpc) is 2.81. The lowest BCUT2D eigenvalue weighted by Crippen LogP contribution is -2.06. The van der Waals surface area contributed by atoms with Gasteiger partial charge in [-0.3, -0.25) is 14.8 Å². The minimum atomic E-state index is -0.417. The Hall–Kier alpha value is -2.64. The zero-order valence-corrected chi connectivity index (χ0v) is 10.6. The van der Waals surface area contributed by atoms with Gasteiger partial charge in [0.1, 0.15) is 17.7 Å². The summed E-state index contributed by atoms with van der Waals surface area (Å²) in [6.45, 7) is 0.328. The van der Waals surface area contributed by atoms with Crippen molar-refractivity contribution in [2.24, 2.45) is 7.05 Å². The molecule has 2 rings (SSSR count). The molecule has 100 valence electrons. The van der Waals surface area contributed by atoms with Crippen LogP contribution in [0.5, 0.6) is 0 Å². The van der Waals surface area contributed by atoms with Crippen LogP contribution in [0.3, 0.4) is 0 Å². The van der Waals surface area contributed by atoms with Gasteiger partial charge in [-0.25, -0.2) is 4.98 Å². The number of nitro groups is 1. The number of benzene rings is 1. The highest BCUT2D eigenvalue weighted by Gasteiger charge is 2.18. The number of nitrogens with one attached hydrogen (secondary N) is 2. The van der Waals surface area contributed by atoms with E-state index in [-0.39, 0.29) is 5.69 Å². The molecule has 0 amide bonds. The Morgan fingerprint density at radius 3 is 2.74 bits per heavy atom. The second kappa shape index (κ2) is 5.34. The predicted molar refractivity (Wildman–Crippen MR) is 71.0 cm³/mol. The van der Waals surface area contributed by atoms with Crippen LogP contribution in [0, 0.1) is 10.1 Å². The van der Waals surface area contributed by atoms with E-state index >= 15 is 0 Å². The first-order valence-electron chi connectivity index (χ1n) is 5.65. The molecule has 0 aliphatic rings. The summed E-state index contributed by atoms with van der Waals surface area (Å²) in [6, 6.07) is 5.05. The van der Waals surface area contributed by atoms with Gasteiger partial charge in [0, 0.05) is 14.1 Å². The summed E-state index contributed by atoms with van der Waals surface area (Å²) >= 11 is 0. The summed E-state index contributed by atoms with van der Waals surface area (Å²) < 4.78 is 1.58. The second-order valence-electron chi connectivity index (χ2n) is 3.90. The van der Waals surface area contributed by atoms with E-state index in [1.165, 1.54) is 0 Å². The molecular formula is C11H14N6O2. The number of hydrogen-bond acceptors (Lipinski definition) is 6. The molecule has 0 atom stereocenters. The lowest BCUT2D eigenvalue weighted by molar-refractivity contribution is -0.383. The first-order valence-corrected chi connectivity index (χ1v) is 5.65. The smallest absolute Gasteiger partial charge is 0.315 e. The Morgan fingerprint density at radius 2 is 2.16 bits per heavy atom. The molecule has 0 aliphatic heterocycles. The van der Waals surface area contributed by atoms with Gasteiger partial charge in [0.15, 0.2) is 5.82 Å². The van der Waals surface area contributed by atoms with Gasteiger partial charge in [-0.2, -0.15) is 5.10 Å². The summed E-state index contributed by atoms with van der Waals surface area (Å²) in [5.74, 6) is 0.576. The van der Waals surface area contributed by atoms with Crippen molar-refractivity contribution in [3.63, 3.8) is 0 Å². The van der Waals surface area contributed by atoms with E-state index in [1.807, 2.05) is 0 Å². The van der Waals surface area contributed by atoms with Gasteiger partial charge in [0.25, 0.3) is 0 Å². The Balaban J connectivity index is 2.22. The van der Waals surface area contributed by atoms with Crippen molar-refractivity contribution >= 4 is 17.1 Å². The molecule has 2 N–H and O–H groups in total. The molecule has 2 aromatic rings. The Labute approximate surface area is 109 Å². The predicted octanol–water partition coefficient (Wildman–Crippen LogP) is 1.38. The molecule has 0 unspecified atom stereocenters. The molecule has 0 fully saturated rings. The van der Waals surface area contributed by atoms with Crippen LogP contribution < -0.4 is 10.6 Å². The maximum atomic E-state index is 11.1. The summed E-state index contributed by atoms with van der Waals surface area (Å²) in [5, 5.41) is 21.0. The molecule has 1 aromatic heterocycles. The highest BCUT2D eigenvalue weighted by Crippen LogP contribution is 2.32. The van der Waals surface area contributed by atoms with Crippen molar-refractivity contribution in [1.82, 2.24) is 14.8 Å². The van der Waals surface area contributed by atoms with E-state index in [2.05, 4.69) is 20.7 Å². The number of aromatic nitrogens is 3. The van der Waals surface area contributed by atoms with Crippen LogP contribution in [0.15, 0.2) is 24.5 Å². The van der Waals surface area contributed by atoms with Gasteiger partial charge >= 0.3 is 5.69 Å². The highest BCUT2D eigenvalue weighted by molar-refractivity contribution is 5.75. The second-order valence-corrected chi connectivity index (χ2v) is 3.90. The monoisotopic (exact) mass is 262 g/mol. The zero-order chi connectivity index (χ0) is 13.8. The van der Waals surface area contributed by atoms with Crippen molar-refractivity contribution in [3.05, 3.63) is 40.5 Å². The molecule has 1 heterocycles. The number of nitrogens with zero attached hydrogens (tertiary/aromatic N) is 4. The van der Waals surface area contributed by atoms with Crippen LogP contribution >= 0.6 is 0 Å². The van der Waals surface area contributed by atoms with Gasteiger partial charge in [-0.15, -0.1) is 0 Å². The summed E-state index contributed by atoms with van der Waals surface area (Å²) in [5.41, 5.74) is 0.911. The molecule has 8 nitrogen and oxygen atoms in total. The first kappa shape index (κ1) is 12.8. The maximum Gasteiger partial charge on any atom is 0.315 e.